The number of H-pyrrole nitrogens is 3. The van der Waals surface area contributed by atoms with Crippen LogP contribution >= 0.6 is 23.5 Å². The number of aromatic nitrogens is 4. The van der Waals surface area contributed by atoms with Gasteiger partial charge in [-0.15, -0.1) is 23.5 Å². The van der Waals surface area contributed by atoms with Gasteiger partial charge < -0.3 is 61.6 Å². The minimum absolute atomic E-state index is 0.00117. The Kier molecular flexibility index (Phi) is 23.1. The first-order chi connectivity index (χ1) is 45.4. The molecule has 7 atom stereocenters. The minimum Gasteiger partial charge on any atom is -0.497 e. The first-order valence-corrected chi connectivity index (χ1v) is 32.5. The molecule has 30 heteroatoms. The second-order valence-corrected chi connectivity index (χ2v) is 25.6. The fraction of sp³-hybridized carbons (Fsp3) is 0.385. The molecular weight excluding hydrogens is 1290 g/mol. The molecule has 4 aromatic carbocycles. The fourth-order valence-electron chi connectivity index (χ4n) is 11.6. The number of halogens is 6. The summed E-state index contributed by atoms with van der Waals surface area (Å²) in [5.74, 6) is -18.5. The number of carbonyl (C=O) groups is 9. The Morgan fingerprint density at radius 1 is 0.663 bits per heavy atom. The van der Waals surface area contributed by atoms with Crippen LogP contribution in [0.25, 0.3) is 21.8 Å². The number of carboxylic acid groups (broad SMARTS) is 1. The Morgan fingerprint density at radius 3 is 1.82 bits per heavy atom. The van der Waals surface area contributed by atoms with Crippen molar-refractivity contribution in [1.82, 2.24) is 56.7 Å². The van der Waals surface area contributed by atoms with E-state index in [1.807, 2.05) is 0 Å². The predicted octanol–water partition coefficient (Wildman–Crippen LogP) is 6.55. The third kappa shape index (κ3) is 17.2. The van der Waals surface area contributed by atoms with E-state index in [2.05, 4.69) is 51.8 Å². The number of hydrogen-bond acceptors (Lipinski definition) is 13. The van der Waals surface area contributed by atoms with Crippen molar-refractivity contribution < 1.29 is 79.3 Å². The van der Waals surface area contributed by atoms with Gasteiger partial charge >= 0.3 is 5.97 Å². The van der Waals surface area contributed by atoms with Gasteiger partial charge in [-0.25, -0.2) is 31.3 Å². The topological polar surface area (TPSA) is 319 Å². The Labute approximate surface area is 548 Å². The van der Waals surface area contributed by atoms with Gasteiger partial charge in [0, 0.05) is 103 Å². The number of thioether (sulfide) groups is 2. The van der Waals surface area contributed by atoms with E-state index < -0.39 is 159 Å². The molecule has 6 heterocycles. The third-order valence-electron chi connectivity index (χ3n) is 16.7. The standard InChI is InChI=1S/C65H69F6N11O11S2/c1-33-59(87)79-47(23-37-30-75-45-15-11-39(67)27-43(37)45)61(89)78-46(22-36-29-74-44-14-10-38(66)26-42(36)44)50(83)24-35(25-52(85)86)60(88)80-48(28-40-31-72-32-76-40)62(90)81-49(21-34-8-12-41(93-3)13-9-34)63(91)82-18-6-16-65(82,2)64(92)73-17-20-95-58-55(70)53(68)57(54(69)56(58)71)94-19-5-4-7-51(84)77-33/h8-15,26-27,29-33,35,46-49,74-75H,4-7,16-25,28H2,1-3H3,(H,72,76)(H,73,92)(H,77,84)(H,78,89)(H,79,87)(H,80,88)(H,81,90)(H,85,86)/t33-,35+,46+,47+,48+,49+,65+/m1/s1. The van der Waals surface area contributed by atoms with E-state index >= 15 is 27.2 Å². The molecule has 0 aliphatic carbocycles. The average molecular weight is 1360 g/mol. The lowest BCUT2D eigenvalue weighted by Crippen LogP contribution is -2.61. The molecule has 0 unspecified atom stereocenters. The number of carboxylic acids is 1. The van der Waals surface area contributed by atoms with E-state index in [0.717, 1.165) is 0 Å². The number of hydrogen-bond donors (Lipinski definition) is 10. The highest BCUT2D eigenvalue weighted by molar-refractivity contribution is 7.99. The molecule has 7 amide bonds. The maximum atomic E-state index is 15.6. The molecule has 0 saturated carbocycles. The zero-order valence-electron chi connectivity index (χ0n) is 51.7. The van der Waals surface area contributed by atoms with Crippen molar-refractivity contribution >= 4 is 98.4 Å². The van der Waals surface area contributed by atoms with Crippen molar-refractivity contribution in [3.8, 4) is 5.75 Å². The first kappa shape index (κ1) is 70.0. The molecule has 3 aliphatic rings. The number of methoxy groups -OCH3 is 1. The van der Waals surface area contributed by atoms with Crippen LogP contribution < -0.4 is 36.6 Å². The normalized spacial score (nSPS) is 22.4. The van der Waals surface area contributed by atoms with Crippen molar-refractivity contribution in [2.45, 2.75) is 130 Å². The zero-order chi connectivity index (χ0) is 68.3. The number of amides is 7. The van der Waals surface area contributed by atoms with E-state index in [1.54, 1.807) is 24.3 Å². The van der Waals surface area contributed by atoms with E-state index in [9.17, 15) is 47.4 Å². The Morgan fingerprint density at radius 2 is 1.23 bits per heavy atom. The molecule has 2 bridgehead atoms. The molecular formula is C65H69F6N11O11S2. The number of benzene rings is 4. The number of aliphatic carboxylic acids is 1. The van der Waals surface area contributed by atoms with Gasteiger partial charge in [0.15, 0.2) is 29.1 Å². The quantitative estimate of drug-likeness (QED) is 0.0373. The van der Waals surface area contributed by atoms with Gasteiger partial charge in [-0.05, 0) is 111 Å². The summed E-state index contributed by atoms with van der Waals surface area (Å²) in [7, 11) is 1.44. The van der Waals surface area contributed by atoms with Crippen LogP contribution in [0.4, 0.5) is 26.3 Å². The lowest BCUT2D eigenvalue weighted by Gasteiger charge is -2.36. The van der Waals surface area contributed by atoms with E-state index in [-0.39, 0.29) is 86.2 Å². The molecule has 3 aromatic heterocycles. The molecule has 0 spiro atoms. The van der Waals surface area contributed by atoms with Crippen LogP contribution in [-0.2, 0) is 68.8 Å². The minimum atomic E-state index is -1.79. The number of ether oxygens (including phenoxy) is 1. The molecule has 3 aliphatic heterocycles. The summed E-state index contributed by atoms with van der Waals surface area (Å²) in [5.41, 5.74) is 0.598. The lowest BCUT2D eigenvalue weighted by molar-refractivity contribution is -0.146. The van der Waals surface area contributed by atoms with Crippen LogP contribution in [0.2, 0.25) is 0 Å². The predicted molar refractivity (Wildman–Crippen MR) is 338 cm³/mol. The smallest absolute Gasteiger partial charge is 0.304 e. The summed E-state index contributed by atoms with van der Waals surface area (Å²) >= 11 is 0.862. The van der Waals surface area contributed by atoms with Gasteiger partial charge in [-0.1, -0.05) is 12.1 Å². The Bertz CT molecular complexity index is 4000. The van der Waals surface area contributed by atoms with Crippen molar-refractivity contribution in [1.29, 1.82) is 0 Å². The number of imidazole rings is 1. The number of nitrogens with one attached hydrogen (secondary N) is 9. The summed E-state index contributed by atoms with van der Waals surface area (Å²) in [5, 5.41) is 26.6. The summed E-state index contributed by atoms with van der Waals surface area (Å²) in [4.78, 5) is 141. The summed E-state index contributed by atoms with van der Waals surface area (Å²) in [6.07, 6.45) is 2.53. The summed E-state index contributed by atoms with van der Waals surface area (Å²) in [6.45, 7) is 2.47. The maximum absolute atomic E-state index is 15.6. The maximum Gasteiger partial charge on any atom is 0.304 e. The largest absolute Gasteiger partial charge is 0.497 e. The number of fused-ring (bicyclic) bond motifs is 31. The SMILES string of the molecule is COc1ccc(C[C@@H]2NC(=O)[C@H](Cc3cnc[nH]3)NC(=O)[C@H](CC(=O)O)CC(=O)[C@H](Cc3c[nH]c4ccc(F)cc34)NC(=O)[C@H](Cc3c[nH]c4ccc(F)cc34)NC(=O)[C@@H](C)NC(=O)CCCCSc3c(F)c(F)c(c(F)c3F)SCCNC(=O)[C@]3(C)CCCN3C2=O)cc1. The zero-order valence-corrected chi connectivity index (χ0v) is 53.3. The second-order valence-electron chi connectivity index (χ2n) is 23.4. The van der Waals surface area contributed by atoms with Gasteiger partial charge in [0.25, 0.3) is 0 Å². The fourth-order valence-corrected chi connectivity index (χ4v) is 13.4. The van der Waals surface area contributed by atoms with Crippen molar-refractivity contribution in [2.75, 3.05) is 31.7 Å². The number of nitrogens with zero attached hydrogens (tertiary/aromatic N) is 2. The van der Waals surface area contributed by atoms with Gasteiger partial charge in [-0.2, -0.15) is 0 Å². The highest BCUT2D eigenvalue weighted by Gasteiger charge is 2.48. The van der Waals surface area contributed by atoms with Crippen LogP contribution in [0.5, 0.6) is 5.75 Å². The number of aromatic amines is 3. The van der Waals surface area contributed by atoms with Crippen LogP contribution in [0.15, 0.2) is 95.4 Å². The summed E-state index contributed by atoms with van der Waals surface area (Å²) < 4.78 is 97.2. The first-order valence-electron chi connectivity index (χ1n) is 30.5. The van der Waals surface area contributed by atoms with E-state index in [0.29, 0.717) is 63.2 Å². The average Bonchev–Trinajstić information content (AvgIpc) is 1.78. The Hall–Kier alpha value is -9.32. The van der Waals surface area contributed by atoms with Gasteiger partial charge in [0.05, 0.1) is 41.6 Å². The van der Waals surface area contributed by atoms with Crippen molar-refractivity contribution in [3.05, 3.63) is 143 Å². The third-order valence-corrected chi connectivity index (χ3v) is 18.9. The van der Waals surface area contributed by atoms with Crippen molar-refractivity contribution in [3.63, 3.8) is 0 Å². The Balaban J connectivity index is 1.07. The molecule has 1 saturated heterocycles. The molecule has 95 heavy (non-hydrogen) atoms. The van der Waals surface area contributed by atoms with E-state index in [4.69, 9.17) is 4.74 Å². The molecule has 0 radical (unpaired) electrons. The van der Waals surface area contributed by atoms with Gasteiger partial charge in [-0.3, -0.25) is 43.2 Å². The second kappa shape index (κ2) is 31.3. The molecule has 7 aromatic rings. The lowest BCUT2D eigenvalue weighted by atomic mass is 9.91. The van der Waals surface area contributed by atoms with Crippen LogP contribution in [0.1, 0.15) is 81.2 Å². The number of Topliss-reactive ketones (excluding diaryl/α,β-unsaturated/α-hetero) is 1. The number of carbonyl (C=O) groups excluding carboxylic acids is 8. The van der Waals surface area contributed by atoms with E-state index in [1.165, 1.54) is 87.2 Å². The molecule has 22 nitrogen and oxygen atoms in total. The highest BCUT2D eigenvalue weighted by Crippen LogP contribution is 2.37. The van der Waals surface area contributed by atoms with Gasteiger partial charge in [0.2, 0.25) is 41.4 Å². The van der Waals surface area contributed by atoms with Crippen LogP contribution in [0.3, 0.4) is 0 Å². The van der Waals surface area contributed by atoms with Gasteiger partial charge in [0.1, 0.15) is 47.1 Å². The number of rotatable bonds is 11. The molecule has 504 valence electrons. The van der Waals surface area contributed by atoms with Crippen molar-refractivity contribution in [2.24, 2.45) is 5.92 Å². The molecule has 10 N–H and O–H groups in total. The molecule has 1 fully saturated rings. The monoisotopic (exact) mass is 1360 g/mol. The van der Waals surface area contributed by atoms with Crippen LogP contribution in [0, 0.1) is 40.8 Å². The van der Waals surface area contributed by atoms with Crippen LogP contribution in [-0.4, -0.2) is 150 Å². The summed E-state index contributed by atoms with van der Waals surface area (Å²) in [6, 6.07) is 6.23. The molecule has 10 rings (SSSR count). The highest BCUT2D eigenvalue weighted by atomic mass is 32.2. The number of ketones is 1.